The summed E-state index contributed by atoms with van der Waals surface area (Å²) in [5.41, 5.74) is 0.625. The summed E-state index contributed by atoms with van der Waals surface area (Å²) in [6.07, 6.45) is 5.20. The van der Waals surface area contributed by atoms with E-state index in [2.05, 4.69) is 14.9 Å². The highest BCUT2D eigenvalue weighted by Crippen LogP contribution is 2.32. The molecule has 1 N–H and O–H groups in total. The van der Waals surface area contributed by atoms with Gasteiger partial charge < -0.3 is 9.84 Å². The van der Waals surface area contributed by atoms with Gasteiger partial charge in [0.15, 0.2) is 9.84 Å². The number of likely N-dealkylation sites (tertiary alicyclic amines) is 1. The number of hydrogen-bond donors (Lipinski definition) is 1. The summed E-state index contributed by atoms with van der Waals surface area (Å²) >= 11 is 0. The standard InChI is InChI=1S/C14H21N3O4S/c1-22(19,20)13-6-15-9-16-14(13)10-2-4-17(5-3-10)11-7-21-8-12(11)18/h6,9-12,18H,2-5,7-8H2,1H3/t11-,12-/m1/s1. The van der Waals surface area contributed by atoms with Crippen molar-refractivity contribution in [2.24, 2.45) is 0 Å². The molecule has 7 nitrogen and oxygen atoms in total. The van der Waals surface area contributed by atoms with E-state index in [4.69, 9.17) is 4.74 Å². The highest BCUT2D eigenvalue weighted by Gasteiger charge is 2.35. The van der Waals surface area contributed by atoms with Gasteiger partial charge in [0.2, 0.25) is 0 Å². The van der Waals surface area contributed by atoms with E-state index in [0.29, 0.717) is 18.9 Å². The number of ether oxygens (including phenoxy) is 1. The Balaban J connectivity index is 1.72. The lowest BCUT2D eigenvalue weighted by Crippen LogP contribution is -2.46. The predicted octanol–water partition coefficient (Wildman–Crippen LogP) is -0.181. The van der Waals surface area contributed by atoms with Crippen molar-refractivity contribution in [3.05, 3.63) is 18.2 Å². The minimum Gasteiger partial charge on any atom is -0.389 e. The molecule has 3 heterocycles. The number of piperidine rings is 1. The van der Waals surface area contributed by atoms with Crippen LogP contribution in [0.5, 0.6) is 0 Å². The Labute approximate surface area is 130 Å². The first-order valence-electron chi connectivity index (χ1n) is 7.46. The third-order valence-electron chi connectivity index (χ3n) is 4.51. The van der Waals surface area contributed by atoms with Crippen molar-refractivity contribution >= 4 is 9.84 Å². The van der Waals surface area contributed by atoms with Crippen molar-refractivity contribution in [3.8, 4) is 0 Å². The fraction of sp³-hybridized carbons (Fsp3) is 0.714. The summed E-state index contributed by atoms with van der Waals surface area (Å²) in [5, 5.41) is 9.91. The van der Waals surface area contributed by atoms with Crippen LogP contribution in [0.1, 0.15) is 24.5 Å². The van der Waals surface area contributed by atoms with Crippen LogP contribution in [-0.4, -0.2) is 73.1 Å². The molecule has 2 atom stereocenters. The predicted molar refractivity (Wildman–Crippen MR) is 79.3 cm³/mol. The summed E-state index contributed by atoms with van der Waals surface area (Å²) in [4.78, 5) is 10.5. The lowest BCUT2D eigenvalue weighted by atomic mass is 9.92. The summed E-state index contributed by atoms with van der Waals surface area (Å²) < 4.78 is 29.1. The monoisotopic (exact) mass is 327 g/mol. The first kappa shape index (κ1) is 15.8. The van der Waals surface area contributed by atoms with E-state index < -0.39 is 15.9 Å². The van der Waals surface area contributed by atoms with Crippen molar-refractivity contribution in [1.29, 1.82) is 0 Å². The average molecular weight is 327 g/mol. The van der Waals surface area contributed by atoms with E-state index in [1.807, 2.05) is 0 Å². The first-order valence-corrected chi connectivity index (χ1v) is 9.36. The smallest absolute Gasteiger partial charge is 0.178 e. The first-order chi connectivity index (χ1) is 10.5. The van der Waals surface area contributed by atoms with E-state index >= 15 is 0 Å². The molecule has 0 spiro atoms. The highest BCUT2D eigenvalue weighted by atomic mass is 32.2. The Kier molecular flexibility index (Phi) is 4.44. The zero-order chi connectivity index (χ0) is 15.7. The number of rotatable bonds is 3. The maximum Gasteiger partial charge on any atom is 0.178 e. The summed E-state index contributed by atoms with van der Waals surface area (Å²) in [5.74, 6) is 0.114. The van der Waals surface area contributed by atoms with Gasteiger partial charge in [-0.05, 0) is 25.9 Å². The van der Waals surface area contributed by atoms with Gasteiger partial charge in [-0.15, -0.1) is 0 Å². The van der Waals surface area contributed by atoms with E-state index in [0.717, 1.165) is 25.9 Å². The Hall–Kier alpha value is -1.09. The number of aliphatic hydroxyl groups excluding tert-OH is 1. The summed E-state index contributed by atoms with van der Waals surface area (Å²) in [6, 6.07) is 0.0562. The highest BCUT2D eigenvalue weighted by molar-refractivity contribution is 7.90. The van der Waals surface area contributed by atoms with Gasteiger partial charge in [-0.25, -0.2) is 18.4 Å². The third-order valence-corrected chi connectivity index (χ3v) is 5.63. The molecule has 1 aromatic heterocycles. The van der Waals surface area contributed by atoms with Gasteiger partial charge in [0, 0.05) is 18.4 Å². The second-order valence-corrected chi connectivity index (χ2v) is 8.01. The lowest BCUT2D eigenvalue weighted by molar-refractivity contribution is 0.0658. The molecule has 1 aromatic rings. The van der Waals surface area contributed by atoms with Gasteiger partial charge in [0.1, 0.15) is 11.2 Å². The van der Waals surface area contributed by atoms with Gasteiger partial charge in [-0.3, -0.25) is 4.90 Å². The van der Waals surface area contributed by atoms with Crippen LogP contribution in [-0.2, 0) is 14.6 Å². The van der Waals surface area contributed by atoms with Gasteiger partial charge >= 0.3 is 0 Å². The fourth-order valence-corrected chi connectivity index (χ4v) is 4.16. The van der Waals surface area contributed by atoms with Gasteiger partial charge in [0.25, 0.3) is 0 Å². The molecule has 0 saturated carbocycles. The molecule has 0 bridgehead atoms. The van der Waals surface area contributed by atoms with Gasteiger partial charge in [-0.1, -0.05) is 0 Å². The molecule has 0 unspecified atom stereocenters. The number of nitrogens with zero attached hydrogens (tertiary/aromatic N) is 3. The largest absolute Gasteiger partial charge is 0.389 e. The minimum atomic E-state index is -3.32. The Morgan fingerprint density at radius 1 is 1.32 bits per heavy atom. The molecule has 0 aliphatic carbocycles. The summed E-state index contributed by atoms with van der Waals surface area (Å²) in [6.45, 7) is 2.58. The van der Waals surface area contributed by atoms with Crippen LogP contribution >= 0.6 is 0 Å². The van der Waals surface area contributed by atoms with Crippen LogP contribution in [0.3, 0.4) is 0 Å². The molecule has 2 aliphatic heterocycles. The molecule has 2 saturated heterocycles. The van der Waals surface area contributed by atoms with Crippen molar-refractivity contribution in [1.82, 2.24) is 14.9 Å². The van der Waals surface area contributed by atoms with Gasteiger partial charge in [0.05, 0.1) is 31.1 Å². The Bertz CT molecular complexity index is 629. The van der Waals surface area contributed by atoms with Crippen LogP contribution in [0, 0.1) is 0 Å². The number of sulfone groups is 1. The second kappa shape index (κ2) is 6.19. The molecule has 22 heavy (non-hydrogen) atoms. The van der Waals surface area contributed by atoms with E-state index in [9.17, 15) is 13.5 Å². The quantitative estimate of drug-likeness (QED) is 0.823. The molecule has 122 valence electrons. The van der Waals surface area contributed by atoms with Crippen LogP contribution in [0.25, 0.3) is 0 Å². The van der Waals surface area contributed by atoms with Crippen LogP contribution in [0.4, 0.5) is 0 Å². The molecule has 0 amide bonds. The maximum atomic E-state index is 11.9. The SMILES string of the molecule is CS(=O)(=O)c1cncnc1C1CCN([C@@H]2COC[C@H]2O)CC1. The molecule has 2 fully saturated rings. The number of aromatic nitrogens is 2. The van der Waals surface area contributed by atoms with Crippen molar-refractivity contribution in [2.45, 2.75) is 35.8 Å². The molecular weight excluding hydrogens is 306 g/mol. The van der Waals surface area contributed by atoms with E-state index in [1.165, 1.54) is 18.8 Å². The number of aliphatic hydroxyl groups is 1. The molecule has 2 aliphatic rings. The normalized spacial score (nSPS) is 28.1. The second-order valence-electron chi connectivity index (χ2n) is 6.03. The molecule has 8 heteroatoms. The average Bonchev–Trinajstić information content (AvgIpc) is 2.93. The van der Waals surface area contributed by atoms with Crippen molar-refractivity contribution in [3.63, 3.8) is 0 Å². The summed E-state index contributed by atoms with van der Waals surface area (Å²) in [7, 11) is -3.32. The lowest BCUT2D eigenvalue weighted by Gasteiger charge is -2.36. The zero-order valence-electron chi connectivity index (χ0n) is 12.6. The van der Waals surface area contributed by atoms with E-state index in [1.54, 1.807) is 0 Å². The Morgan fingerprint density at radius 2 is 2.05 bits per heavy atom. The third kappa shape index (κ3) is 3.15. The van der Waals surface area contributed by atoms with Crippen LogP contribution in [0.2, 0.25) is 0 Å². The molecule has 3 rings (SSSR count). The van der Waals surface area contributed by atoms with Crippen LogP contribution in [0.15, 0.2) is 17.4 Å². The van der Waals surface area contributed by atoms with Crippen LogP contribution < -0.4 is 0 Å². The van der Waals surface area contributed by atoms with Gasteiger partial charge in [-0.2, -0.15) is 0 Å². The topological polar surface area (TPSA) is 92.6 Å². The van der Waals surface area contributed by atoms with Crippen molar-refractivity contribution in [2.75, 3.05) is 32.6 Å². The number of hydrogen-bond acceptors (Lipinski definition) is 7. The fourth-order valence-electron chi connectivity index (χ4n) is 3.30. The van der Waals surface area contributed by atoms with E-state index in [-0.39, 0.29) is 16.9 Å². The zero-order valence-corrected chi connectivity index (χ0v) is 13.4. The Morgan fingerprint density at radius 3 is 2.64 bits per heavy atom. The molecular formula is C14H21N3O4S. The molecule has 0 aromatic carbocycles. The van der Waals surface area contributed by atoms with Crippen molar-refractivity contribution < 1.29 is 18.3 Å². The minimum absolute atomic E-state index is 0.0562. The molecule has 0 radical (unpaired) electrons. The maximum absolute atomic E-state index is 11.9.